The molecule has 0 aromatic heterocycles. The highest BCUT2D eigenvalue weighted by atomic mass is 16.7. The monoisotopic (exact) mass is 616 g/mol. The van der Waals surface area contributed by atoms with E-state index < -0.39 is 66.8 Å². The van der Waals surface area contributed by atoms with Crippen LogP contribution in [0.2, 0.25) is 0 Å². The van der Waals surface area contributed by atoms with E-state index in [2.05, 4.69) is 0 Å². The Balaban J connectivity index is 2.26. The Morgan fingerprint density at radius 3 is 1.84 bits per heavy atom. The zero-order chi connectivity index (χ0) is 32.6. The van der Waals surface area contributed by atoms with Crippen LogP contribution in [-0.2, 0) is 49.5 Å². The van der Waals surface area contributed by atoms with Crippen LogP contribution < -0.4 is 14.2 Å². The molecule has 0 saturated carbocycles. The molecule has 1 heterocycles. The standard InChI is InChI=1S/C31H36O13/c1-16(32)25-23(40-14-21-11-9-8-10-12-21)13-22(37-6)26(28(25)38-7)29-31(43-20(5)36)30(42-19(4)35)27(41-18(3)34)24(44-29)15-39-17(2)33/h8-13,24,27,29-31H,14-15H2,1-7H3/t24?,27-,29+,30?,31?/m1/s1. The molecule has 1 saturated heterocycles. The second kappa shape index (κ2) is 15.2. The smallest absolute Gasteiger partial charge is 0.303 e. The van der Waals surface area contributed by atoms with Gasteiger partial charge in [-0.05, 0) is 12.5 Å². The summed E-state index contributed by atoms with van der Waals surface area (Å²) in [6.07, 6.45) is -6.85. The average Bonchev–Trinajstić information content (AvgIpc) is 2.96. The highest BCUT2D eigenvalue weighted by molar-refractivity contribution is 6.00. The van der Waals surface area contributed by atoms with Crippen molar-refractivity contribution in [3.05, 3.63) is 53.1 Å². The first-order valence-electron chi connectivity index (χ1n) is 13.6. The molecule has 0 radical (unpaired) electrons. The van der Waals surface area contributed by atoms with Crippen molar-refractivity contribution >= 4 is 29.7 Å². The molecular formula is C31H36O13. The molecular weight excluding hydrogens is 580 g/mol. The highest BCUT2D eigenvalue weighted by Crippen LogP contribution is 2.49. The molecule has 5 atom stereocenters. The molecule has 1 aliphatic rings. The minimum absolute atomic E-state index is 0.0270. The number of ketones is 1. The number of carbonyl (C=O) groups excluding carboxylic acids is 5. The molecule has 0 spiro atoms. The first kappa shape index (κ1) is 33.8. The summed E-state index contributed by atoms with van der Waals surface area (Å²) in [6, 6.07) is 10.7. The number of methoxy groups -OCH3 is 2. The van der Waals surface area contributed by atoms with Crippen LogP contribution in [0.5, 0.6) is 17.2 Å². The summed E-state index contributed by atoms with van der Waals surface area (Å²) in [5.74, 6) is -3.21. The van der Waals surface area contributed by atoms with E-state index in [1.807, 2.05) is 30.3 Å². The Bertz CT molecular complexity index is 1370. The van der Waals surface area contributed by atoms with Gasteiger partial charge in [0.1, 0.15) is 48.2 Å². The molecule has 13 nitrogen and oxygen atoms in total. The fourth-order valence-corrected chi connectivity index (χ4v) is 4.92. The topological polar surface area (TPSA) is 159 Å². The van der Waals surface area contributed by atoms with Crippen LogP contribution in [0.4, 0.5) is 0 Å². The molecule has 44 heavy (non-hydrogen) atoms. The molecule has 238 valence electrons. The number of hydrogen-bond acceptors (Lipinski definition) is 13. The molecule has 3 rings (SSSR count). The Morgan fingerprint density at radius 2 is 1.32 bits per heavy atom. The fraction of sp³-hybridized carbons (Fsp3) is 0.452. The molecule has 2 aromatic rings. The fourth-order valence-electron chi connectivity index (χ4n) is 4.92. The van der Waals surface area contributed by atoms with Crippen LogP contribution in [0.1, 0.15) is 62.2 Å². The summed E-state index contributed by atoms with van der Waals surface area (Å²) in [5.41, 5.74) is 0.973. The van der Waals surface area contributed by atoms with Crippen molar-refractivity contribution in [2.75, 3.05) is 20.8 Å². The highest BCUT2D eigenvalue weighted by Gasteiger charge is 2.54. The lowest BCUT2D eigenvalue weighted by Crippen LogP contribution is -2.59. The molecule has 0 N–H and O–H groups in total. The third-order valence-electron chi connectivity index (χ3n) is 6.53. The third-order valence-corrected chi connectivity index (χ3v) is 6.53. The molecule has 1 aliphatic heterocycles. The summed E-state index contributed by atoms with van der Waals surface area (Å²) in [5, 5.41) is 0. The Labute approximate surface area is 254 Å². The minimum Gasteiger partial charge on any atom is -0.496 e. The summed E-state index contributed by atoms with van der Waals surface area (Å²) in [6.45, 7) is 5.55. The molecule has 13 heteroatoms. The van der Waals surface area contributed by atoms with Gasteiger partial charge in [0.25, 0.3) is 0 Å². The Kier molecular flexibility index (Phi) is 11.7. The lowest BCUT2D eigenvalue weighted by molar-refractivity contribution is -0.254. The van der Waals surface area contributed by atoms with Crippen LogP contribution in [-0.4, -0.2) is 74.9 Å². The van der Waals surface area contributed by atoms with Gasteiger partial charge in [-0.1, -0.05) is 30.3 Å². The molecule has 0 amide bonds. The first-order chi connectivity index (χ1) is 20.9. The van der Waals surface area contributed by atoms with E-state index in [-0.39, 0.29) is 35.0 Å². The molecule has 0 aliphatic carbocycles. The van der Waals surface area contributed by atoms with E-state index in [1.54, 1.807) is 0 Å². The van der Waals surface area contributed by atoms with E-state index >= 15 is 0 Å². The average molecular weight is 617 g/mol. The lowest BCUT2D eigenvalue weighted by Gasteiger charge is -2.45. The van der Waals surface area contributed by atoms with Crippen molar-refractivity contribution in [2.24, 2.45) is 0 Å². The normalized spacial score (nSPS) is 20.9. The second-order valence-corrected chi connectivity index (χ2v) is 9.85. The van der Waals surface area contributed by atoms with E-state index in [0.717, 1.165) is 26.3 Å². The largest absolute Gasteiger partial charge is 0.496 e. The molecule has 3 unspecified atom stereocenters. The Morgan fingerprint density at radius 1 is 0.727 bits per heavy atom. The third kappa shape index (κ3) is 8.25. The van der Waals surface area contributed by atoms with Gasteiger partial charge in [-0.2, -0.15) is 0 Å². The van der Waals surface area contributed by atoms with Crippen molar-refractivity contribution in [3.8, 4) is 17.2 Å². The zero-order valence-corrected chi connectivity index (χ0v) is 25.6. The van der Waals surface area contributed by atoms with E-state index in [0.29, 0.717) is 0 Å². The van der Waals surface area contributed by atoms with Crippen molar-refractivity contribution in [1.29, 1.82) is 0 Å². The summed E-state index contributed by atoms with van der Waals surface area (Å²) < 4.78 is 45.6. The van der Waals surface area contributed by atoms with Gasteiger partial charge >= 0.3 is 23.9 Å². The Hall–Kier alpha value is -4.65. The van der Waals surface area contributed by atoms with Crippen molar-refractivity contribution < 1.29 is 61.9 Å². The van der Waals surface area contributed by atoms with Gasteiger partial charge in [0.2, 0.25) is 0 Å². The number of Topliss-reactive ketones (excluding diaryl/α,β-unsaturated/α-hetero) is 1. The quantitative estimate of drug-likeness (QED) is 0.194. The van der Waals surface area contributed by atoms with E-state index in [9.17, 15) is 24.0 Å². The number of rotatable bonds is 12. The van der Waals surface area contributed by atoms with Gasteiger partial charge in [0.15, 0.2) is 24.1 Å². The van der Waals surface area contributed by atoms with Gasteiger partial charge in [-0.25, -0.2) is 0 Å². The van der Waals surface area contributed by atoms with Crippen molar-refractivity contribution in [3.63, 3.8) is 0 Å². The van der Waals surface area contributed by atoms with Crippen LogP contribution in [0.3, 0.4) is 0 Å². The molecule has 0 bridgehead atoms. The number of ether oxygens (including phenoxy) is 8. The van der Waals surface area contributed by atoms with Gasteiger partial charge < -0.3 is 37.9 Å². The van der Waals surface area contributed by atoms with Crippen LogP contribution in [0, 0.1) is 0 Å². The van der Waals surface area contributed by atoms with Crippen LogP contribution in [0.15, 0.2) is 36.4 Å². The summed E-state index contributed by atoms with van der Waals surface area (Å²) in [4.78, 5) is 61.5. The van der Waals surface area contributed by atoms with Gasteiger partial charge in [-0.3, -0.25) is 24.0 Å². The lowest BCUT2D eigenvalue weighted by atomic mass is 9.88. The predicted molar refractivity (Wildman–Crippen MR) is 151 cm³/mol. The predicted octanol–water partition coefficient (Wildman–Crippen LogP) is 3.28. The van der Waals surface area contributed by atoms with Crippen LogP contribution in [0.25, 0.3) is 0 Å². The summed E-state index contributed by atoms with van der Waals surface area (Å²) in [7, 11) is 2.68. The zero-order valence-electron chi connectivity index (χ0n) is 25.6. The van der Waals surface area contributed by atoms with Gasteiger partial charge in [-0.15, -0.1) is 0 Å². The number of hydrogen-bond donors (Lipinski definition) is 0. The maximum Gasteiger partial charge on any atom is 0.303 e. The van der Waals surface area contributed by atoms with Crippen molar-refractivity contribution in [2.45, 2.75) is 71.7 Å². The molecule has 2 aromatic carbocycles. The van der Waals surface area contributed by atoms with E-state index in [1.165, 1.54) is 34.1 Å². The van der Waals surface area contributed by atoms with E-state index in [4.69, 9.17) is 37.9 Å². The number of carbonyl (C=O) groups is 5. The van der Waals surface area contributed by atoms with Crippen molar-refractivity contribution in [1.82, 2.24) is 0 Å². The summed E-state index contributed by atoms with van der Waals surface area (Å²) >= 11 is 0. The van der Waals surface area contributed by atoms with Crippen LogP contribution >= 0.6 is 0 Å². The number of benzene rings is 2. The minimum atomic E-state index is -1.45. The molecule has 1 fully saturated rings. The maximum atomic E-state index is 13.1. The maximum absolute atomic E-state index is 13.1. The SMILES string of the molecule is COc1cc(OCc2ccccc2)c(C(C)=O)c(OC)c1[C@@H]1OC(COC(C)=O)[C@@H](OC(C)=O)C(OC(C)=O)C1OC(C)=O. The number of esters is 4. The second-order valence-electron chi connectivity index (χ2n) is 9.85. The van der Waals surface area contributed by atoms with Gasteiger partial charge in [0, 0.05) is 33.8 Å². The first-order valence-corrected chi connectivity index (χ1v) is 13.6. The van der Waals surface area contributed by atoms with Gasteiger partial charge in [0.05, 0.1) is 19.8 Å².